The zero-order valence-corrected chi connectivity index (χ0v) is 47.7. The van der Waals surface area contributed by atoms with Gasteiger partial charge in [0.25, 0.3) is 0 Å². The zero-order chi connectivity index (χ0) is 53.9. The Kier molecular flexibility index (Phi) is 26.0. The lowest BCUT2D eigenvalue weighted by Crippen LogP contribution is -3.16. The number of fused-ring (bicyclic) bond motifs is 4. The van der Waals surface area contributed by atoms with Gasteiger partial charge in [0.1, 0.15) is 24.3 Å². The normalized spacial score (nSPS) is 31.6. The highest BCUT2D eigenvalue weighted by molar-refractivity contribution is 6.01. The third-order valence-corrected chi connectivity index (χ3v) is 19.3. The maximum absolute atomic E-state index is 13.5. The Labute approximate surface area is 492 Å². The van der Waals surface area contributed by atoms with Gasteiger partial charge in [-0.15, -0.1) is 0 Å². The molecule has 2 saturated carbocycles. The molecule has 6 saturated heterocycles. The van der Waals surface area contributed by atoms with Gasteiger partial charge >= 0.3 is 11.9 Å². The number of hydrogen-bond acceptors (Lipinski definition) is 16. The van der Waals surface area contributed by atoms with Crippen molar-refractivity contribution in [2.75, 3.05) is 77.6 Å². The predicted molar refractivity (Wildman–Crippen MR) is 294 cm³/mol. The van der Waals surface area contributed by atoms with Crippen molar-refractivity contribution in [3.8, 4) is 23.0 Å². The Balaban J connectivity index is 0.000000617. The molecule has 86 heavy (non-hydrogen) atoms. The fraction of sp³-hybridized carbons (Fsp3) is 0.593. The second-order valence-corrected chi connectivity index (χ2v) is 22.1. The maximum atomic E-state index is 13.5. The molecule has 0 radical (unpaired) electrons. The standard InChI is InChI=1S/2C23H26N2O4.2C4H6O5.10H2O/c2*1-27-16-8-14-15(9-17(16)28-2)25-20(26)10-18-21-13-7-19-23(14,22(21)25)4-5-24(19)11-12(13)3-6-29-18;2*5-2(4(8)9)1-3(6)7;;;;;;;;;;/h2*3,8-9,13,18-19,21-22H,4-7,10-11H2,1-2H3;2*2,5H,1H2,(H,6,7)(H,8,9);10*1H2/t2*13-,18-,19-,21-,22-,23+;2*2-;;;;;;;;;;/m0000........../s1. The molecule has 32 nitrogen and oxygen atoms in total. The van der Waals surface area contributed by atoms with Crippen LogP contribution in [0.5, 0.6) is 23.0 Å². The SMILES string of the molecule is COc1cc2c(cc1OC)[C@@]13CC[NH+]4CC5=CCO[C@H]6CC(=O)N2[C@H]1[C@H]6[C@H]5C[C@H]43.COc1cc2c(cc1OC)[C@@]13CC[NH+]4CC5=CCO[C@H]6CC(=O)N2[C@H]1[C@H]6[C@H]5C[C@H]43.O.O.O.O.O.O.O.O.O.O.O=C(O)C[C@H](O)C(=O)[O-].O=C(O)C[C@H](O)C(=O)[O-]. The van der Waals surface area contributed by atoms with Gasteiger partial charge < -0.3 is 143 Å². The van der Waals surface area contributed by atoms with Crippen molar-refractivity contribution < 1.29 is 152 Å². The van der Waals surface area contributed by atoms with E-state index in [-0.39, 0.29) is 102 Å². The number of carboxylic acid groups (broad SMARTS) is 4. The summed E-state index contributed by atoms with van der Waals surface area (Å²) < 4.78 is 35.2. The number of nitrogens with zero attached hydrogens (tertiary/aromatic N) is 2. The number of carbonyl (C=O) groups is 6. The second kappa shape index (κ2) is 28.9. The van der Waals surface area contributed by atoms with E-state index in [1.165, 1.54) is 37.1 Å². The van der Waals surface area contributed by atoms with Gasteiger partial charge in [0, 0.05) is 49.7 Å². The molecule has 488 valence electrons. The molecule has 12 aliphatic rings. The minimum absolute atomic E-state index is 0. The number of quaternary nitrogens is 2. The van der Waals surface area contributed by atoms with Crippen LogP contribution in [0.25, 0.3) is 0 Å². The predicted octanol–water partition coefficient (Wildman–Crippen LogP) is -11.7. The van der Waals surface area contributed by atoms with Crippen molar-refractivity contribution >= 4 is 47.1 Å². The molecule has 26 N–H and O–H groups in total. The number of aliphatic hydroxyl groups excluding tert-OH is 2. The molecule has 0 aromatic heterocycles. The number of rotatable bonds is 10. The number of benzene rings is 2. The van der Waals surface area contributed by atoms with Crippen LogP contribution in [0, 0.1) is 23.7 Å². The lowest BCUT2D eigenvalue weighted by atomic mass is 9.53. The molecule has 4 bridgehead atoms. The van der Waals surface area contributed by atoms with E-state index in [0.29, 0.717) is 73.3 Å². The van der Waals surface area contributed by atoms with E-state index in [2.05, 4.69) is 46.2 Å². The summed E-state index contributed by atoms with van der Waals surface area (Å²) in [7, 11) is 6.74. The zero-order valence-electron chi connectivity index (χ0n) is 47.7. The van der Waals surface area contributed by atoms with Crippen molar-refractivity contribution in [1.82, 2.24) is 0 Å². The van der Waals surface area contributed by atoms with Gasteiger partial charge in [0.2, 0.25) is 11.8 Å². The molecule has 2 unspecified atom stereocenters. The highest BCUT2D eigenvalue weighted by Crippen LogP contribution is 2.65. The molecular formula is C54H84N4O28. The highest BCUT2D eigenvalue weighted by Gasteiger charge is 2.75. The summed E-state index contributed by atoms with van der Waals surface area (Å²) in [6, 6.07) is 10.00. The van der Waals surface area contributed by atoms with Crippen LogP contribution in [0.2, 0.25) is 0 Å². The number of methoxy groups -OCH3 is 4. The molecule has 14 rings (SSSR count). The number of carbonyl (C=O) groups excluding carboxylic acids is 4. The molecular weight excluding hydrogens is 1150 g/mol. The number of ether oxygens (including phenoxy) is 6. The van der Waals surface area contributed by atoms with Crippen LogP contribution < -0.4 is 48.8 Å². The van der Waals surface area contributed by atoms with Gasteiger partial charge in [0.05, 0.1) is 152 Å². The molecule has 2 spiro atoms. The van der Waals surface area contributed by atoms with E-state index in [0.717, 1.165) is 48.8 Å². The van der Waals surface area contributed by atoms with Gasteiger partial charge in [-0.05, 0) is 46.2 Å². The largest absolute Gasteiger partial charge is 0.547 e. The minimum atomic E-state index is -1.90. The summed E-state index contributed by atoms with van der Waals surface area (Å²) >= 11 is 0. The molecule has 2 aromatic carbocycles. The van der Waals surface area contributed by atoms with Crippen LogP contribution in [0.15, 0.2) is 47.6 Å². The van der Waals surface area contributed by atoms with Crippen LogP contribution in [0.1, 0.15) is 62.5 Å². The molecule has 16 atom stereocenters. The van der Waals surface area contributed by atoms with Crippen molar-refractivity contribution in [1.29, 1.82) is 0 Å². The van der Waals surface area contributed by atoms with Crippen LogP contribution >= 0.6 is 0 Å². The van der Waals surface area contributed by atoms with Crippen molar-refractivity contribution in [3.05, 3.63) is 58.7 Å². The van der Waals surface area contributed by atoms with Crippen LogP contribution in [-0.2, 0) is 49.1 Å². The van der Waals surface area contributed by atoms with Gasteiger partial charge in [-0.2, -0.15) is 0 Å². The van der Waals surface area contributed by atoms with E-state index in [9.17, 15) is 39.0 Å². The van der Waals surface area contributed by atoms with Gasteiger partial charge in [-0.25, -0.2) is 0 Å². The summed E-state index contributed by atoms with van der Waals surface area (Å²) in [6.45, 7) is 5.97. The number of piperidine rings is 4. The molecule has 8 fully saturated rings. The smallest absolute Gasteiger partial charge is 0.306 e. The Morgan fingerprint density at radius 2 is 0.907 bits per heavy atom. The lowest BCUT2D eigenvalue weighted by Gasteiger charge is -2.56. The maximum Gasteiger partial charge on any atom is 0.306 e. The first kappa shape index (κ1) is 77.3. The third kappa shape index (κ3) is 11.6. The van der Waals surface area contributed by atoms with Crippen LogP contribution in [-0.4, -0.2) is 227 Å². The van der Waals surface area contributed by atoms with E-state index < -0.39 is 48.9 Å². The number of hydrogen-bond donors (Lipinski definition) is 6. The number of aliphatic carboxylic acids is 4. The summed E-state index contributed by atoms with van der Waals surface area (Å²) in [5, 5.41) is 51.5. The number of carboxylic acids is 4. The number of anilines is 2. The summed E-state index contributed by atoms with van der Waals surface area (Å²) in [4.78, 5) is 73.2. The topological polar surface area (TPSA) is 615 Å². The number of nitrogens with one attached hydrogen (secondary N) is 2. The first-order chi connectivity index (χ1) is 36.4. The first-order valence-corrected chi connectivity index (χ1v) is 26.1. The molecule has 2 aromatic rings. The minimum Gasteiger partial charge on any atom is -0.547 e. The average Bonchev–Trinajstić information content (AvgIpc) is 1.50. The fourth-order valence-corrected chi connectivity index (χ4v) is 16.7. The Hall–Kier alpha value is -6.70. The van der Waals surface area contributed by atoms with E-state index in [4.69, 9.17) is 48.8 Å². The second-order valence-electron chi connectivity index (χ2n) is 22.1. The van der Waals surface area contributed by atoms with Gasteiger partial charge in [0.15, 0.2) is 23.0 Å². The molecule has 10 heterocycles. The van der Waals surface area contributed by atoms with Crippen molar-refractivity contribution in [2.24, 2.45) is 23.7 Å². The average molecular weight is 1240 g/mol. The van der Waals surface area contributed by atoms with Crippen LogP contribution in [0.4, 0.5) is 11.4 Å². The molecule has 2 aliphatic carbocycles. The Morgan fingerprint density at radius 3 is 1.20 bits per heavy atom. The Bertz CT molecular complexity index is 2670. The van der Waals surface area contributed by atoms with E-state index in [1.54, 1.807) is 49.4 Å². The summed E-state index contributed by atoms with van der Waals surface area (Å²) in [5.41, 5.74) is 7.92. The third-order valence-electron chi connectivity index (χ3n) is 19.3. The Morgan fingerprint density at radius 1 is 0.581 bits per heavy atom. The number of amides is 2. The molecule has 2 amide bonds. The first-order valence-electron chi connectivity index (χ1n) is 26.1. The summed E-state index contributed by atoms with van der Waals surface area (Å²) in [5.74, 6) is -1.00. The highest BCUT2D eigenvalue weighted by atomic mass is 16.5. The summed E-state index contributed by atoms with van der Waals surface area (Å²) in [6.07, 6.45) is 5.00. The quantitative estimate of drug-likeness (QED) is 0.120. The van der Waals surface area contributed by atoms with Crippen LogP contribution in [0.3, 0.4) is 0 Å². The molecule has 32 heteroatoms. The fourth-order valence-electron chi connectivity index (χ4n) is 16.7. The van der Waals surface area contributed by atoms with Gasteiger partial charge in [-0.3, -0.25) is 19.2 Å². The van der Waals surface area contributed by atoms with Crippen molar-refractivity contribution in [2.45, 2.75) is 111 Å². The van der Waals surface area contributed by atoms with E-state index in [1.807, 2.05) is 0 Å². The molecule has 10 aliphatic heterocycles. The van der Waals surface area contributed by atoms with E-state index >= 15 is 0 Å². The monoisotopic (exact) mass is 1240 g/mol. The van der Waals surface area contributed by atoms with Crippen molar-refractivity contribution in [3.63, 3.8) is 0 Å². The number of aliphatic hydroxyl groups is 2. The van der Waals surface area contributed by atoms with Gasteiger partial charge in [-0.1, -0.05) is 12.2 Å². The lowest BCUT2D eigenvalue weighted by molar-refractivity contribution is -0.916.